The van der Waals surface area contributed by atoms with Crippen molar-refractivity contribution in [2.75, 3.05) is 19.0 Å². The Morgan fingerprint density at radius 1 is 1.24 bits per heavy atom. The van der Waals surface area contributed by atoms with Crippen molar-refractivity contribution in [2.45, 2.75) is 25.1 Å². The quantitative estimate of drug-likeness (QED) is 0.769. The number of ether oxygens (including phenoxy) is 2. The highest BCUT2D eigenvalue weighted by Crippen LogP contribution is 2.32. The van der Waals surface area contributed by atoms with E-state index < -0.39 is 0 Å². The maximum absolute atomic E-state index is 12.1. The molecule has 5 nitrogen and oxygen atoms in total. The van der Waals surface area contributed by atoms with Gasteiger partial charge in [-0.1, -0.05) is 12.1 Å². The average Bonchev–Trinajstić information content (AvgIpc) is 2.65. The van der Waals surface area contributed by atoms with E-state index in [2.05, 4.69) is 10.3 Å². The van der Waals surface area contributed by atoms with E-state index in [0.717, 1.165) is 34.3 Å². The minimum Gasteiger partial charge on any atom is -0.486 e. The Morgan fingerprint density at radius 2 is 2.08 bits per heavy atom. The molecule has 1 unspecified atom stereocenters. The van der Waals surface area contributed by atoms with Crippen LogP contribution in [0.5, 0.6) is 11.5 Å². The average molecular weight is 358 g/mol. The first kappa shape index (κ1) is 17.6. The summed E-state index contributed by atoms with van der Waals surface area (Å²) in [7, 11) is 0. The van der Waals surface area contributed by atoms with E-state index in [1.54, 1.807) is 18.0 Å². The second-order valence-corrected chi connectivity index (χ2v) is 6.92. The Morgan fingerprint density at radius 3 is 2.88 bits per heavy atom. The lowest BCUT2D eigenvalue weighted by molar-refractivity contribution is -0.121. The lowest BCUT2D eigenvalue weighted by Gasteiger charge is -2.21. The lowest BCUT2D eigenvalue weighted by atomic mass is 10.1. The number of carbonyl (C=O) groups excluding carboxylic acids is 1. The van der Waals surface area contributed by atoms with Crippen LogP contribution in [0.15, 0.2) is 42.6 Å². The van der Waals surface area contributed by atoms with Gasteiger partial charge in [0.05, 0.1) is 11.7 Å². The van der Waals surface area contributed by atoms with Crippen molar-refractivity contribution in [3.8, 4) is 11.5 Å². The van der Waals surface area contributed by atoms with Gasteiger partial charge in [-0.2, -0.15) is 11.8 Å². The van der Waals surface area contributed by atoms with Crippen LogP contribution in [-0.4, -0.2) is 29.9 Å². The number of nitrogens with zero attached hydrogens (tertiary/aromatic N) is 1. The van der Waals surface area contributed by atoms with E-state index in [0.29, 0.717) is 19.6 Å². The third-order valence-corrected chi connectivity index (χ3v) is 4.89. The topological polar surface area (TPSA) is 60.5 Å². The van der Waals surface area contributed by atoms with Gasteiger partial charge in [0.1, 0.15) is 13.2 Å². The van der Waals surface area contributed by atoms with E-state index in [9.17, 15) is 4.79 Å². The summed E-state index contributed by atoms with van der Waals surface area (Å²) >= 11 is 1.72. The number of aromatic nitrogens is 1. The number of pyridine rings is 1. The summed E-state index contributed by atoms with van der Waals surface area (Å²) in [6.07, 6.45) is 2.28. The van der Waals surface area contributed by atoms with Gasteiger partial charge in [-0.3, -0.25) is 9.78 Å². The van der Waals surface area contributed by atoms with Crippen molar-refractivity contribution >= 4 is 17.7 Å². The maximum atomic E-state index is 12.1. The first-order valence-electron chi connectivity index (χ1n) is 8.39. The van der Waals surface area contributed by atoms with E-state index in [1.165, 1.54) is 0 Å². The summed E-state index contributed by atoms with van der Waals surface area (Å²) < 4.78 is 11.1. The highest BCUT2D eigenvalue weighted by atomic mass is 32.2. The second kappa shape index (κ2) is 8.76. The van der Waals surface area contributed by atoms with Crippen LogP contribution < -0.4 is 14.8 Å². The van der Waals surface area contributed by atoms with E-state index in [-0.39, 0.29) is 11.9 Å². The molecule has 1 aliphatic heterocycles. The van der Waals surface area contributed by atoms with Crippen LogP contribution in [0, 0.1) is 0 Å². The van der Waals surface area contributed by atoms with Gasteiger partial charge >= 0.3 is 0 Å². The minimum atomic E-state index is -0.0656. The lowest BCUT2D eigenvalue weighted by Crippen LogP contribution is -2.27. The van der Waals surface area contributed by atoms with Crippen LogP contribution >= 0.6 is 11.8 Å². The largest absolute Gasteiger partial charge is 0.486 e. The molecule has 0 bridgehead atoms. The Balaban J connectivity index is 1.43. The number of thioether (sulfide) groups is 1. The first-order chi connectivity index (χ1) is 12.2. The summed E-state index contributed by atoms with van der Waals surface area (Å²) in [6.45, 7) is 3.11. The number of rotatable bonds is 7. The molecular formula is C19H22N2O3S. The molecule has 132 valence electrons. The van der Waals surface area contributed by atoms with Crippen molar-refractivity contribution in [3.63, 3.8) is 0 Å². The van der Waals surface area contributed by atoms with E-state index >= 15 is 0 Å². The molecule has 0 saturated carbocycles. The third-order valence-electron chi connectivity index (χ3n) is 3.89. The van der Waals surface area contributed by atoms with Crippen molar-refractivity contribution in [3.05, 3.63) is 53.9 Å². The van der Waals surface area contributed by atoms with Crippen LogP contribution in [0.3, 0.4) is 0 Å². The standard InChI is InChI=1S/C19H22N2O3S/c1-14(15-5-6-17-18(12-15)24-10-9-23-17)21-19(22)7-11-25-13-16-4-2-3-8-20-16/h2-6,8,12,14H,7,9-11,13H2,1H3,(H,21,22). The number of hydrogen-bond donors (Lipinski definition) is 1. The Hall–Kier alpha value is -2.21. The van der Waals surface area contributed by atoms with Gasteiger partial charge in [0, 0.05) is 24.1 Å². The monoisotopic (exact) mass is 358 g/mol. The fourth-order valence-corrected chi connectivity index (χ4v) is 3.41. The molecule has 2 heterocycles. The number of carbonyl (C=O) groups is 1. The van der Waals surface area contributed by atoms with Crippen molar-refractivity contribution < 1.29 is 14.3 Å². The summed E-state index contributed by atoms with van der Waals surface area (Å²) in [4.78, 5) is 16.4. The second-order valence-electron chi connectivity index (χ2n) is 5.82. The molecule has 1 N–H and O–H groups in total. The molecule has 1 aromatic carbocycles. The van der Waals surface area contributed by atoms with Crippen LogP contribution in [0.25, 0.3) is 0 Å². The van der Waals surface area contributed by atoms with Gasteiger partial charge in [0.15, 0.2) is 11.5 Å². The molecule has 3 rings (SSSR count). The molecular weight excluding hydrogens is 336 g/mol. The van der Waals surface area contributed by atoms with Crippen molar-refractivity contribution in [1.29, 1.82) is 0 Å². The first-order valence-corrected chi connectivity index (χ1v) is 9.54. The van der Waals surface area contributed by atoms with Gasteiger partial charge in [-0.15, -0.1) is 0 Å². The minimum absolute atomic E-state index is 0.0518. The fraction of sp³-hybridized carbons (Fsp3) is 0.368. The van der Waals surface area contributed by atoms with Crippen LogP contribution in [0.1, 0.15) is 30.6 Å². The van der Waals surface area contributed by atoms with Crippen molar-refractivity contribution in [2.24, 2.45) is 0 Å². The van der Waals surface area contributed by atoms with E-state index in [1.807, 2.05) is 43.3 Å². The summed E-state index contributed by atoms with van der Waals surface area (Å²) in [6, 6.07) is 11.6. The number of fused-ring (bicyclic) bond motifs is 1. The number of amides is 1. The molecule has 1 atom stereocenters. The van der Waals surface area contributed by atoms with Gasteiger partial charge < -0.3 is 14.8 Å². The summed E-state index contributed by atoms with van der Waals surface area (Å²) in [5.74, 6) is 3.16. The zero-order chi connectivity index (χ0) is 17.5. The SMILES string of the molecule is CC(NC(=O)CCSCc1ccccn1)c1ccc2c(c1)OCCO2. The summed E-state index contributed by atoms with van der Waals surface area (Å²) in [5.41, 5.74) is 2.05. The molecule has 0 fully saturated rings. The van der Waals surface area contributed by atoms with E-state index in [4.69, 9.17) is 9.47 Å². The molecule has 1 aliphatic rings. The molecule has 6 heteroatoms. The molecule has 0 spiro atoms. The van der Waals surface area contributed by atoms with Gasteiger partial charge in [0.25, 0.3) is 0 Å². The molecule has 2 aromatic rings. The van der Waals surface area contributed by atoms with Gasteiger partial charge in [-0.05, 0) is 36.8 Å². The summed E-state index contributed by atoms with van der Waals surface area (Å²) in [5, 5.41) is 3.04. The smallest absolute Gasteiger partial charge is 0.221 e. The molecule has 25 heavy (non-hydrogen) atoms. The number of benzene rings is 1. The third kappa shape index (κ3) is 5.13. The zero-order valence-corrected chi connectivity index (χ0v) is 15.1. The Kier molecular flexibility index (Phi) is 6.17. The van der Waals surface area contributed by atoms with Crippen LogP contribution in [0.4, 0.5) is 0 Å². The molecule has 1 amide bonds. The normalized spacial score (nSPS) is 14.0. The molecule has 1 aromatic heterocycles. The Bertz CT molecular complexity index is 709. The number of hydrogen-bond acceptors (Lipinski definition) is 5. The van der Waals surface area contributed by atoms with Gasteiger partial charge in [-0.25, -0.2) is 0 Å². The fourth-order valence-electron chi connectivity index (χ4n) is 2.55. The molecule has 0 radical (unpaired) electrons. The zero-order valence-electron chi connectivity index (χ0n) is 14.2. The van der Waals surface area contributed by atoms with Crippen LogP contribution in [-0.2, 0) is 10.5 Å². The Labute approximate surface area is 152 Å². The predicted molar refractivity (Wildman–Crippen MR) is 99.0 cm³/mol. The highest BCUT2D eigenvalue weighted by molar-refractivity contribution is 7.98. The predicted octanol–water partition coefficient (Wildman–Crippen LogP) is 3.35. The molecule has 0 aliphatic carbocycles. The highest BCUT2D eigenvalue weighted by Gasteiger charge is 2.15. The maximum Gasteiger partial charge on any atom is 0.221 e. The molecule has 0 saturated heterocycles. The number of nitrogens with one attached hydrogen (secondary N) is 1. The van der Waals surface area contributed by atoms with Gasteiger partial charge in [0.2, 0.25) is 5.91 Å². The van der Waals surface area contributed by atoms with Crippen LogP contribution in [0.2, 0.25) is 0 Å². The van der Waals surface area contributed by atoms with Crippen molar-refractivity contribution in [1.82, 2.24) is 10.3 Å².